The van der Waals surface area contributed by atoms with Gasteiger partial charge in [0.2, 0.25) is 0 Å². The molecule has 4 rings (SSSR count). The zero-order chi connectivity index (χ0) is 24.0. The van der Waals surface area contributed by atoms with Crippen molar-refractivity contribution in [1.82, 2.24) is 14.5 Å². The summed E-state index contributed by atoms with van der Waals surface area (Å²) in [5.41, 5.74) is 4.10. The fourth-order valence-electron chi connectivity index (χ4n) is 3.43. The van der Waals surface area contributed by atoms with Crippen LogP contribution in [0, 0.1) is 0 Å². The average molecular weight is 532 g/mol. The van der Waals surface area contributed by atoms with Crippen molar-refractivity contribution in [2.24, 2.45) is 0 Å². The largest absolute Gasteiger partial charge is 0.490 e. The molecule has 0 bridgehead atoms. The van der Waals surface area contributed by atoms with E-state index in [1.165, 1.54) is 6.33 Å². The Hall–Kier alpha value is -1.29. The number of nitrogens with one attached hydrogen (secondary N) is 1. The summed E-state index contributed by atoms with van der Waals surface area (Å²) in [6.07, 6.45) is 0.627. The Morgan fingerprint density at radius 3 is 2.64 bits per heavy atom. The van der Waals surface area contributed by atoms with Gasteiger partial charge in [0, 0.05) is 19.0 Å². The van der Waals surface area contributed by atoms with Crippen LogP contribution in [0.25, 0.3) is 11.0 Å². The summed E-state index contributed by atoms with van der Waals surface area (Å²) in [5.74, 6) is 0.467. The maximum atomic E-state index is 11.9. The first-order valence-electron chi connectivity index (χ1n) is 9.18. The fourth-order valence-corrected chi connectivity index (χ4v) is 6.46. The molecular formula is C13H19N4O13P3. The Bertz CT molecular complexity index is 1180. The SMILES string of the molecule is O=P(O)(O)OP(=O)(O)OP(=O)(O)OCC1OC(n2cc3c4c(ncnc42)NOCC3)CC1O. The molecule has 2 aliphatic heterocycles. The highest BCUT2D eigenvalue weighted by Crippen LogP contribution is 2.66. The van der Waals surface area contributed by atoms with Crippen LogP contribution in [0.1, 0.15) is 18.2 Å². The molecule has 0 aromatic carbocycles. The molecule has 33 heavy (non-hydrogen) atoms. The van der Waals surface area contributed by atoms with Gasteiger partial charge in [-0.05, 0) is 5.56 Å². The highest BCUT2D eigenvalue weighted by atomic mass is 31.3. The summed E-state index contributed by atoms with van der Waals surface area (Å²) in [6, 6.07) is 0. The number of aliphatic hydroxyl groups is 1. The van der Waals surface area contributed by atoms with Crippen molar-refractivity contribution in [3.8, 4) is 0 Å². The first-order chi connectivity index (χ1) is 15.3. The van der Waals surface area contributed by atoms with Crippen LogP contribution in [0.3, 0.4) is 0 Å². The van der Waals surface area contributed by atoms with E-state index < -0.39 is 48.5 Å². The molecule has 20 heteroatoms. The standard InChI is InChI=1S/C13H19N4O13P3/c18-8-3-10(17-4-7-1-2-26-16-12-11(7)13(17)15-6-14-12)28-9(8)5-27-32(22,23)30-33(24,25)29-31(19,20)21/h4,6,8-10,18H,1-3,5H2,(H,22,23)(H,24,25)(H,14,15,16)(H2,19,20,21). The molecule has 0 saturated carbocycles. The lowest BCUT2D eigenvalue weighted by Gasteiger charge is -2.19. The van der Waals surface area contributed by atoms with E-state index in [0.717, 1.165) is 5.56 Å². The predicted octanol–water partition coefficient (Wildman–Crippen LogP) is 0.323. The van der Waals surface area contributed by atoms with Gasteiger partial charge in [0.05, 0.1) is 24.7 Å². The lowest BCUT2D eigenvalue weighted by Crippen LogP contribution is -2.26. The first-order valence-corrected chi connectivity index (χ1v) is 13.7. The van der Waals surface area contributed by atoms with Crippen molar-refractivity contribution < 1.29 is 61.1 Å². The molecule has 1 saturated heterocycles. The molecule has 2 aliphatic rings. The van der Waals surface area contributed by atoms with Gasteiger partial charge in [0.15, 0.2) is 5.82 Å². The number of ether oxygens (including phenoxy) is 1. The second kappa shape index (κ2) is 9.06. The second-order valence-electron chi connectivity index (χ2n) is 7.00. The topological polar surface area (TPSA) is 241 Å². The average Bonchev–Trinajstić information content (AvgIpc) is 3.14. The predicted molar refractivity (Wildman–Crippen MR) is 105 cm³/mol. The van der Waals surface area contributed by atoms with Gasteiger partial charge >= 0.3 is 23.5 Å². The van der Waals surface area contributed by atoms with Gasteiger partial charge in [-0.25, -0.2) is 29.1 Å². The van der Waals surface area contributed by atoms with Gasteiger partial charge in [-0.1, -0.05) is 0 Å². The Balaban J connectivity index is 1.44. The minimum absolute atomic E-state index is 0.0525. The maximum absolute atomic E-state index is 11.9. The molecule has 2 aromatic rings. The van der Waals surface area contributed by atoms with E-state index in [9.17, 15) is 28.6 Å². The van der Waals surface area contributed by atoms with Crippen LogP contribution in [0.4, 0.5) is 5.82 Å². The van der Waals surface area contributed by atoms with E-state index in [-0.39, 0.29) is 6.42 Å². The van der Waals surface area contributed by atoms with Gasteiger partial charge in [-0.3, -0.25) is 9.36 Å². The van der Waals surface area contributed by atoms with Crippen molar-refractivity contribution >= 4 is 40.3 Å². The van der Waals surface area contributed by atoms with E-state index in [1.54, 1.807) is 10.8 Å². The van der Waals surface area contributed by atoms with Crippen LogP contribution < -0.4 is 5.48 Å². The van der Waals surface area contributed by atoms with Gasteiger partial charge in [-0.15, -0.1) is 0 Å². The second-order valence-corrected chi connectivity index (χ2v) is 11.4. The third-order valence-corrected chi connectivity index (χ3v) is 8.47. The van der Waals surface area contributed by atoms with Crippen LogP contribution >= 0.6 is 23.5 Å². The molecule has 6 N–H and O–H groups in total. The maximum Gasteiger partial charge on any atom is 0.490 e. The van der Waals surface area contributed by atoms with Crippen LogP contribution in [0.5, 0.6) is 0 Å². The molecule has 0 aliphatic carbocycles. The Morgan fingerprint density at radius 1 is 1.15 bits per heavy atom. The Morgan fingerprint density at radius 2 is 1.91 bits per heavy atom. The zero-order valence-corrected chi connectivity index (χ0v) is 19.1. The minimum atomic E-state index is -5.64. The number of phosphoric ester groups is 1. The number of hydrogen-bond acceptors (Lipinski definition) is 12. The summed E-state index contributed by atoms with van der Waals surface area (Å²) in [6.45, 7) is -0.380. The molecule has 184 valence electrons. The van der Waals surface area contributed by atoms with Gasteiger partial charge < -0.3 is 34.0 Å². The quantitative estimate of drug-likeness (QED) is 0.251. The third kappa shape index (κ3) is 5.86. The number of anilines is 1. The van der Waals surface area contributed by atoms with Crippen molar-refractivity contribution in [2.45, 2.75) is 31.3 Å². The van der Waals surface area contributed by atoms with E-state index in [1.807, 2.05) is 0 Å². The molecule has 0 amide bonds. The lowest BCUT2D eigenvalue weighted by atomic mass is 10.2. The Kier molecular flexibility index (Phi) is 6.81. The molecule has 5 atom stereocenters. The number of aliphatic hydroxyl groups excluding tert-OH is 1. The molecule has 4 heterocycles. The zero-order valence-electron chi connectivity index (χ0n) is 16.4. The number of nitrogens with zero attached hydrogens (tertiary/aromatic N) is 3. The van der Waals surface area contributed by atoms with Crippen molar-refractivity contribution in [3.05, 3.63) is 18.1 Å². The van der Waals surface area contributed by atoms with Crippen LogP contribution in [-0.2, 0) is 42.8 Å². The van der Waals surface area contributed by atoms with Crippen molar-refractivity contribution in [1.29, 1.82) is 0 Å². The summed E-state index contributed by atoms with van der Waals surface area (Å²) in [7, 11) is -16.5. The first kappa shape index (κ1) is 24.8. The Labute approximate surface area is 184 Å². The highest BCUT2D eigenvalue weighted by molar-refractivity contribution is 7.66. The number of aromatic nitrogens is 3. The number of phosphoric acid groups is 3. The fraction of sp³-hybridized carbons (Fsp3) is 0.538. The van der Waals surface area contributed by atoms with E-state index in [4.69, 9.17) is 19.4 Å². The van der Waals surface area contributed by atoms with Crippen LogP contribution in [0.2, 0.25) is 0 Å². The molecule has 2 aromatic heterocycles. The summed E-state index contributed by atoms with van der Waals surface area (Å²) in [4.78, 5) is 49.5. The van der Waals surface area contributed by atoms with E-state index >= 15 is 0 Å². The highest BCUT2D eigenvalue weighted by Gasteiger charge is 2.43. The molecule has 1 fully saturated rings. The van der Waals surface area contributed by atoms with E-state index in [0.29, 0.717) is 29.9 Å². The number of rotatable bonds is 8. The van der Waals surface area contributed by atoms with Crippen molar-refractivity contribution in [2.75, 3.05) is 18.7 Å². The number of hydrogen-bond donors (Lipinski definition) is 6. The van der Waals surface area contributed by atoms with Gasteiger partial charge in [-0.2, -0.15) is 8.62 Å². The monoisotopic (exact) mass is 532 g/mol. The van der Waals surface area contributed by atoms with Crippen molar-refractivity contribution in [3.63, 3.8) is 0 Å². The van der Waals surface area contributed by atoms with E-state index in [2.05, 4.69) is 28.6 Å². The van der Waals surface area contributed by atoms with Crippen LogP contribution in [0.15, 0.2) is 12.5 Å². The molecule has 0 spiro atoms. The smallest absolute Gasteiger partial charge is 0.390 e. The van der Waals surface area contributed by atoms with Gasteiger partial charge in [0.25, 0.3) is 0 Å². The summed E-state index contributed by atoms with van der Waals surface area (Å²) >= 11 is 0. The minimum Gasteiger partial charge on any atom is -0.390 e. The van der Waals surface area contributed by atoms with Crippen LogP contribution in [-0.4, -0.2) is 64.6 Å². The molecular weight excluding hydrogens is 513 g/mol. The molecule has 5 unspecified atom stereocenters. The molecule has 17 nitrogen and oxygen atoms in total. The molecule has 0 radical (unpaired) electrons. The normalized spacial score (nSPS) is 27.0. The summed E-state index contributed by atoms with van der Waals surface area (Å²) < 4.78 is 53.2. The van der Waals surface area contributed by atoms with Gasteiger partial charge in [0.1, 0.15) is 24.3 Å². The third-order valence-electron chi connectivity index (χ3n) is 4.66. The summed E-state index contributed by atoms with van der Waals surface area (Å²) in [5, 5.41) is 11.0. The lowest BCUT2D eigenvalue weighted by molar-refractivity contribution is -0.0422.